The summed E-state index contributed by atoms with van der Waals surface area (Å²) in [5, 5.41) is 18.4. The molecule has 0 aromatic heterocycles. The molecule has 1 rings (SSSR count). The number of phenols is 1. The van der Waals surface area contributed by atoms with E-state index in [-0.39, 0.29) is 12.5 Å². The van der Waals surface area contributed by atoms with E-state index in [0.29, 0.717) is 18.1 Å². The summed E-state index contributed by atoms with van der Waals surface area (Å²) >= 11 is 0. The monoisotopic (exact) mass is 240 g/mol. The Hall–Kier alpha value is -1.72. The molecule has 0 aliphatic carbocycles. The van der Waals surface area contributed by atoms with Crippen LogP contribution in [0.15, 0.2) is 30.9 Å². The van der Waals surface area contributed by atoms with E-state index in [4.69, 9.17) is 19.3 Å². The van der Waals surface area contributed by atoms with Gasteiger partial charge in [-0.25, -0.2) is 0 Å². The lowest BCUT2D eigenvalue weighted by atomic mass is 10.3. The van der Waals surface area contributed by atoms with Crippen LogP contribution in [0.25, 0.3) is 0 Å². The minimum atomic E-state index is -1.07. The summed E-state index contributed by atoms with van der Waals surface area (Å²) in [6.07, 6.45) is 0.173. The SMILES string of the molecule is C=CC(O)OCOc1ccc(O)cc1OCC. The summed E-state index contributed by atoms with van der Waals surface area (Å²) in [6.45, 7) is 5.50. The maximum atomic E-state index is 9.30. The van der Waals surface area contributed by atoms with Gasteiger partial charge in [-0.15, -0.1) is 0 Å². The van der Waals surface area contributed by atoms with Crippen molar-refractivity contribution in [2.45, 2.75) is 13.2 Å². The average molecular weight is 240 g/mol. The third-order valence-electron chi connectivity index (χ3n) is 1.88. The molecule has 17 heavy (non-hydrogen) atoms. The van der Waals surface area contributed by atoms with Crippen molar-refractivity contribution in [1.29, 1.82) is 0 Å². The van der Waals surface area contributed by atoms with Gasteiger partial charge in [0.05, 0.1) is 6.61 Å². The van der Waals surface area contributed by atoms with E-state index in [2.05, 4.69) is 6.58 Å². The number of aliphatic hydroxyl groups excluding tert-OH is 1. The molecule has 1 unspecified atom stereocenters. The molecule has 94 valence electrons. The Balaban J connectivity index is 2.60. The topological polar surface area (TPSA) is 68.2 Å². The second-order valence-corrected chi connectivity index (χ2v) is 3.12. The fraction of sp³-hybridized carbons (Fsp3) is 0.333. The minimum Gasteiger partial charge on any atom is -0.508 e. The fourth-order valence-electron chi connectivity index (χ4n) is 1.12. The van der Waals surface area contributed by atoms with E-state index in [9.17, 15) is 5.11 Å². The molecule has 1 aromatic carbocycles. The van der Waals surface area contributed by atoms with Crippen molar-refractivity contribution in [3.05, 3.63) is 30.9 Å². The summed E-state index contributed by atoms with van der Waals surface area (Å²) in [5.74, 6) is 0.943. The van der Waals surface area contributed by atoms with Crippen molar-refractivity contribution in [3.8, 4) is 17.2 Å². The first-order valence-electron chi connectivity index (χ1n) is 5.18. The summed E-state index contributed by atoms with van der Waals surface area (Å²) in [4.78, 5) is 0. The molecule has 0 amide bonds. The molecule has 0 aliphatic rings. The number of phenolic OH excluding ortho intramolecular Hbond substituents is 1. The van der Waals surface area contributed by atoms with E-state index in [1.807, 2.05) is 6.92 Å². The van der Waals surface area contributed by atoms with Crippen LogP contribution < -0.4 is 9.47 Å². The zero-order valence-corrected chi connectivity index (χ0v) is 9.63. The second kappa shape index (κ2) is 6.78. The number of ether oxygens (including phenoxy) is 3. The van der Waals surface area contributed by atoms with Crippen LogP contribution in [0.2, 0.25) is 0 Å². The molecular weight excluding hydrogens is 224 g/mol. The smallest absolute Gasteiger partial charge is 0.192 e. The Bertz CT molecular complexity index is 364. The molecule has 0 saturated heterocycles. The van der Waals surface area contributed by atoms with Gasteiger partial charge in [-0.05, 0) is 25.1 Å². The highest BCUT2D eigenvalue weighted by Crippen LogP contribution is 2.30. The summed E-state index contributed by atoms with van der Waals surface area (Å²) in [6, 6.07) is 4.48. The average Bonchev–Trinajstić information content (AvgIpc) is 2.32. The molecular formula is C12H16O5. The molecule has 1 atom stereocenters. The lowest BCUT2D eigenvalue weighted by Gasteiger charge is -2.13. The quantitative estimate of drug-likeness (QED) is 0.560. The molecule has 0 spiro atoms. The molecule has 1 aromatic rings. The van der Waals surface area contributed by atoms with Gasteiger partial charge in [0.25, 0.3) is 0 Å². The van der Waals surface area contributed by atoms with Gasteiger partial charge in [-0.3, -0.25) is 0 Å². The maximum absolute atomic E-state index is 9.30. The molecule has 0 saturated carbocycles. The van der Waals surface area contributed by atoms with Crippen molar-refractivity contribution in [2.75, 3.05) is 13.4 Å². The van der Waals surface area contributed by atoms with Gasteiger partial charge in [-0.1, -0.05) is 6.58 Å². The summed E-state index contributed by atoms with van der Waals surface area (Å²) in [7, 11) is 0. The number of benzene rings is 1. The predicted octanol–water partition coefficient (Wildman–Crippen LogP) is 1.65. The van der Waals surface area contributed by atoms with Crippen LogP contribution in [0, 0.1) is 0 Å². The molecule has 0 aliphatic heterocycles. The van der Waals surface area contributed by atoms with Gasteiger partial charge in [0.15, 0.2) is 24.6 Å². The zero-order chi connectivity index (χ0) is 12.7. The number of hydrogen-bond donors (Lipinski definition) is 2. The summed E-state index contributed by atoms with van der Waals surface area (Å²) < 4.78 is 15.4. The molecule has 0 fully saturated rings. The third kappa shape index (κ3) is 4.34. The van der Waals surface area contributed by atoms with E-state index in [0.717, 1.165) is 0 Å². The van der Waals surface area contributed by atoms with Crippen LogP contribution in [0.3, 0.4) is 0 Å². The Morgan fingerprint density at radius 2 is 2.12 bits per heavy atom. The first kappa shape index (κ1) is 13.3. The minimum absolute atomic E-state index is 0.0906. The lowest BCUT2D eigenvalue weighted by molar-refractivity contribution is -0.114. The van der Waals surface area contributed by atoms with Crippen molar-refractivity contribution >= 4 is 0 Å². The Morgan fingerprint density at radius 1 is 1.35 bits per heavy atom. The Kier molecular flexibility index (Phi) is 5.32. The van der Waals surface area contributed by atoms with E-state index >= 15 is 0 Å². The van der Waals surface area contributed by atoms with Gasteiger partial charge in [-0.2, -0.15) is 0 Å². The van der Waals surface area contributed by atoms with Crippen LogP contribution in [-0.4, -0.2) is 29.9 Å². The van der Waals surface area contributed by atoms with E-state index in [1.54, 1.807) is 6.07 Å². The highest BCUT2D eigenvalue weighted by molar-refractivity contribution is 5.44. The Labute approximate surface area is 99.9 Å². The Morgan fingerprint density at radius 3 is 2.76 bits per heavy atom. The highest BCUT2D eigenvalue weighted by Gasteiger charge is 2.06. The zero-order valence-electron chi connectivity index (χ0n) is 9.63. The fourth-order valence-corrected chi connectivity index (χ4v) is 1.12. The molecule has 2 N–H and O–H groups in total. The van der Waals surface area contributed by atoms with Gasteiger partial charge in [0.2, 0.25) is 0 Å². The van der Waals surface area contributed by atoms with Gasteiger partial charge < -0.3 is 24.4 Å². The first-order valence-corrected chi connectivity index (χ1v) is 5.18. The number of aromatic hydroxyl groups is 1. The molecule has 0 radical (unpaired) electrons. The number of aliphatic hydroxyl groups is 1. The van der Waals surface area contributed by atoms with Gasteiger partial charge in [0.1, 0.15) is 5.75 Å². The first-order chi connectivity index (χ1) is 8.17. The van der Waals surface area contributed by atoms with Crippen molar-refractivity contribution in [1.82, 2.24) is 0 Å². The van der Waals surface area contributed by atoms with Crippen LogP contribution >= 0.6 is 0 Å². The largest absolute Gasteiger partial charge is 0.508 e. The predicted molar refractivity (Wildman–Crippen MR) is 62.1 cm³/mol. The van der Waals surface area contributed by atoms with E-state index < -0.39 is 6.29 Å². The third-order valence-corrected chi connectivity index (χ3v) is 1.88. The normalized spacial score (nSPS) is 11.9. The number of hydrogen-bond acceptors (Lipinski definition) is 5. The van der Waals surface area contributed by atoms with E-state index in [1.165, 1.54) is 18.2 Å². The highest BCUT2D eigenvalue weighted by atomic mass is 16.7. The van der Waals surface area contributed by atoms with Crippen molar-refractivity contribution < 1.29 is 24.4 Å². The molecule has 0 bridgehead atoms. The van der Waals surface area contributed by atoms with Crippen LogP contribution in [0.4, 0.5) is 0 Å². The van der Waals surface area contributed by atoms with Crippen molar-refractivity contribution in [2.24, 2.45) is 0 Å². The van der Waals surface area contributed by atoms with Gasteiger partial charge in [0, 0.05) is 6.07 Å². The van der Waals surface area contributed by atoms with Crippen molar-refractivity contribution in [3.63, 3.8) is 0 Å². The van der Waals surface area contributed by atoms with Crippen LogP contribution in [0.5, 0.6) is 17.2 Å². The second-order valence-electron chi connectivity index (χ2n) is 3.12. The summed E-state index contributed by atoms with van der Waals surface area (Å²) in [5.41, 5.74) is 0. The molecule has 5 heteroatoms. The molecule has 5 nitrogen and oxygen atoms in total. The van der Waals surface area contributed by atoms with Crippen LogP contribution in [0.1, 0.15) is 6.92 Å². The molecule has 0 heterocycles. The van der Waals surface area contributed by atoms with Crippen LogP contribution in [-0.2, 0) is 4.74 Å². The maximum Gasteiger partial charge on any atom is 0.192 e. The lowest BCUT2D eigenvalue weighted by Crippen LogP contribution is -2.13. The standard InChI is InChI=1S/C12H16O5/c1-3-12(14)17-8-16-10-6-5-9(13)7-11(10)15-4-2/h3,5-7,12-14H,1,4,8H2,2H3. The number of rotatable bonds is 7. The van der Waals surface area contributed by atoms with Gasteiger partial charge >= 0.3 is 0 Å².